The van der Waals surface area contributed by atoms with Gasteiger partial charge in [-0.15, -0.1) is 0 Å². The second-order valence-electron chi connectivity index (χ2n) is 5.90. The summed E-state index contributed by atoms with van der Waals surface area (Å²) in [5, 5.41) is 2.84. The van der Waals surface area contributed by atoms with Gasteiger partial charge >= 0.3 is 5.97 Å². The average molecular weight is 361 g/mol. The lowest BCUT2D eigenvalue weighted by Gasteiger charge is -2.07. The molecule has 5 nitrogen and oxygen atoms in total. The first-order valence-electron chi connectivity index (χ1n) is 8.49. The Hall–Kier alpha value is -3.60. The molecule has 0 atom stereocenters. The largest absolute Gasteiger partial charge is 0.462 e. The third kappa shape index (κ3) is 5.44. The number of carbonyl (C=O) groups is 2. The van der Waals surface area contributed by atoms with Crippen LogP contribution in [0.15, 0.2) is 77.2 Å². The molecule has 3 rings (SSSR count). The molecule has 0 aliphatic heterocycles. The van der Waals surface area contributed by atoms with E-state index in [1.165, 1.54) is 18.2 Å². The van der Waals surface area contributed by atoms with Gasteiger partial charge in [-0.2, -0.15) is 0 Å². The minimum atomic E-state index is -0.550. The number of nitrogens with one attached hydrogen (secondary N) is 1. The summed E-state index contributed by atoms with van der Waals surface area (Å²) in [4.78, 5) is 24.2. The van der Waals surface area contributed by atoms with Crippen molar-refractivity contribution in [1.29, 1.82) is 0 Å². The summed E-state index contributed by atoms with van der Waals surface area (Å²) >= 11 is 0. The molecule has 1 amide bonds. The molecule has 1 heterocycles. The predicted octanol–water partition coefficient (Wildman–Crippen LogP) is 4.14. The summed E-state index contributed by atoms with van der Waals surface area (Å²) in [7, 11) is 0. The first kappa shape index (κ1) is 18.2. The summed E-state index contributed by atoms with van der Waals surface area (Å²) in [5.41, 5.74) is 1.42. The molecule has 0 aliphatic rings. The van der Waals surface area contributed by atoms with E-state index in [0.717, 1.165) is 11.3 Å². The Balaban J connectivity index is 1.58. The lowest BCUT2D eigenvalue weighted by Crippen LogP contribution is -2.22. The van der Waals surface area contributed by atoms with Crippen LogP contribution in [0.1, 0.15) is 27.4 Å². The molecule has 0 radical (unpaired) electrons. The van der Waals surface area contributed by atoms with E-state index in [9.17, 15) is 9.59 Å². The van der Waals surface area contributed by atoms with Crippen LogP contribution in [0.2, 0.25) is 0 Å². The molecule has 0 saturated heterocycles. The van der Waals surface area contributed by atoms with Gasteiger partial charge in [-0.05, 0) is 48.9 Å². The SMILES string of the molecule is Cc1ccc(/C=C/C(=O)Oc2cccc(C(=O)NCc3ccccc3)c2)o1. The Morgan fingerprint density at radius 2 is 1.85 bits per heavy atom. The highest BCUT2D eigenvalue weighted by molar-refractivity contribution is 5.95. The summed E-state index contributed by atoms with van der Waals surface area (Å²) in [6, 6.07) is 19.7. The monoisotopic (exact) mass is 361 g/mol. The number of esters is 1. The quantitative estimate of drug-likeness (QED) is 0.407. The topological polar surface area (TPSA) is 68.5 Å². The number of carbonyl (C=O) groups excluding carboxylic acids is 2. The number of hydrogen-bond acceptors (Lipinski definition) is 4. The van der Waals surface area contributed by atoms with E-state index < -0.39 is 5.97 Å². The van der Waals surface area contributed by atoms with Crippen LogP contribution in [0.3, 0.4) is 0 Å². The fourth-order valence-electron chi connectivity index (χ4n) is 2.42. The fourth-order valence-corrected chi connectivity index (χ4v) is 2.42. The van der Waals surface area contributed by atoms with Crippen LogP contribution in [0, 0.1) is 6.92 Å². The zero-order chi connectivity index (χ0) is 19.1. The van der Waals surface area contributed by atoms with E-state index in [-0.39, 0.29) is 5.91 Å². The van der Waals surface area contributed by atoms with Crippen LogP contribution in [-0.4, -0.2) is 11.9 Å². The molecule has 0 bridgehead atoms. The first-order valence-corrected chi connectivity index (χ1v) is 8.49. The minimum absolute atomic E-state index is 0.238. The minimum Gasteiger partial charge on any atom is -0.462 e. The normalized spacial score (nSPS) is 10.7. The molecule has 0 saturated carbocycles. The van der Waals surface area contributed by atoms with Crippen molar-refractivity contribution in [3.63, 3.8) is 0 Å². The van der Waals surface area contributed by atoms with E-state index in [4.69, 9.17) is 9.15 Å². The Bertz CT molecular complexity index is 957. The lowest BCUT2D eigenvalue weighted by atomic mass is 10.2. The average Bonchev–Trinajstić information content (AvgIpc) is 3.11. The van der Waals surface area contributed by atoms with Gasteiger partial charge < -0.3 is 14.5 Å². The van der Waals surface area contributed by atoms with Crippen LogP contribution in [0.5, 0.6) is 5.75 Å². The van der Waals surface area contributed by atoms with Crippen LogP contribution in [-0.2, 0) is 11.3 Å². The van der Waals surface area contributed by atoms with Crippen LogP contribution >= 0.6 is 0 Å². The molecule has 1 N–H and O–H groups in total. The number of amides is 1. The lowest BCUT2D eigenvalue weighted by molar-refractivity contribution is -0.128. The number of hydrogen-bond donors (Lipinski definition) is 1. The van der Waals surface area contributed by atoms with Gasteiger partial charge in [0.25, 0.3) is 5.91 Å². The number of rotatable bonds is 6. The molecule has 0 unspecified atom stereocenters. The number of ether oxygens (including phenoxy) is 1. The van der Waals surface area contributed by atoms with Crippen molar-refractivity contribution in [3.8, 4) is 5.75 Å². The van der Waals surface area contributed by atoms with E-state index in [2.05, 4.69) is 5.32 Å². The molecule has 0 spiro atoms. The second kappa shape index (κ2) is 8.67. The predicted molar refractivity (Wildman–Crippen MR) is 102 cm³/mol. The molecule has 27 heavy (non-hydrogen) atoms. The molecule has 1 aromatic heterocycles. The van der Waals surface area contributed by atoms with Crippen LogP contribution in [0.4, 0.5) is 0 Å². The highest BCUT2D eigenvalue weighted by atomic mass is 16.5. The van der Waals surface area contributed by atoms with Crippen LogP contribution in [0.25, 0.3) is 6.08 Å². The highest BCUT2D eigenvalue weighted by Gasteiger charge is 2.08. The third-order valence-electron chi connectivity index (χ3n) is 3.76. The summed E-state index contributed by atoms with van der Waals surface area (Å²) < 4.78 is 10.6. The van der Waals surface area contributed by atoms with Gasteiger partial charge in [-0.3, -0.25) is 4.79 Å². The molecule has 5 heteroatoms. The van der Waals surface area contributed by atoms with Crippen molar-refractivity contribution in [2.24, 2.45) is 0 Å². The van der Waals surface area contributed by atoms with Gasteiger partial charge in [-0.25, -0.2) is 4.79 Å². The first-order chi connectivity index (χ1) is 13.1. The van der Waals surface area contributed by atoms with Crippen molar-refractivity contribution in [2.45, 2.75) is 13.5 Å². The van der Waals surface area contributed by atoms with Crippen molar-refractivity contribution in [3.05, 3.63) is 95.5 Å². The van der Waals surface area contributed by atoms with Gasteiger partial charge in [0.15, 0.2) is 0 Å². The molecule has 0 aliphatic carbocycles. The maximum atomic E-state index is 12.3. The van der Waals surface area contributed by atoms with Gasteiger partial charge in [0.1, 0.15) is 17.3 Å². The van der Waals surface area contributed by atoms with Gasteiger partial charge in [0.2, 0.25) is 0 Å². The Kier molecular flexibility index (Phi) is 5.84. The highest BCUT2D eigenvalue weighted by Crippen LogP contribution is 2.15. The molecule has 3 aromatic rings. The fraction of sp³-hybridized carbons (Fsp3) is 0.0909. The third-order valence-corrected chi connectivity index (χ3v) is 3.76. The van der Waals surface area contributed by atoms with Gasteiger partial charge in [-0.1, -0.05) is 36.4 Å². The Morgan fingerprint density at radius 1 is 1.04 bits per heavy atom. The summed E-state index contributed by atoms with van der Waals surface area (Å²) in [6.07, 6.45) is 2.81. The second-order valence-corrected chi connectivity index (χ2v) is 5.90. The molecular formula is C22H19NO4. The zero-order valence-corrected chi connectivity index (χ0v) is 14.8. The van der Waals surface area contributed by atoms with Crippen molar-refractivity contribution >= 4 is 18.0 Å². The van der Waals surface area contributed by atoms with Crippen LogP contribution < -0.4 is 10.1 Å². The molecule has 136 valence electrons. The number of benzene rings is 2. The molecule has 0 fully saturated rings. The van der Waals surface area contributed by atoms with Gasteiger partial charge in [0.05, 0.1) is 0 Å². The van der Waals surface area contributed by atoms with Crippen molar-refractivity contribution < 1.29 is 18.7 Å². The number of aryl methyl sites for hydroxylation is 1. The van der Waals surface area contributed by atoms with E-state index in [1.54, 1.807) is 24.3 Å². The van der Waals surface area contributed by atoms with E-state index in [0.29, 0.717) is 23.6 Å². The Labute approximate surface area is 157 Å². The molecular weight excluding hydrogens is 342 g/mol. The maximum absolute atomic E-state index is 12.3. The van der Waals surface area contributed by atoms with E-state index in [1.807, 2.05) is 43.3 Å². The Morgan fingerprint density at radius 3 is 2.59 bits per heavy atom. The zero-order valence-electron chi connectivity index (χ0n) is 14.8. The standard InChI is InChI=1S/C22H19NO4/c1-16-10-11-19(26-16)12-13-21(24)27-20-9-5-8-18(14-20)22(25)23-15-17-6-3-2-4-7-17/h2-14H,15H2,1H3,(H,23,25)/b13-12+. The van der Waals surface area contributed by atoms with Crippen molar-refractivity contribution in [1.82, 2.24) is 5.32 Å². The molecule has 2 aromatic carbocycles. The summed E-state index contributed by atoms with van der Waals surface area (Å²) in [5.74, 6) is 0.840. The smallest absolute Gasteiger partial charge is 0.336 e. The van der Waals surface area contributed by atoms with E-state index >= 15 is 0 Å². The summed E-state index contributed by atoms with van der Waals surface area (Å²) in [6.45, 7) is 2.25. The van der Waals surface area contributed by atoms with Crippen molar-refractivity contribution in [2.75, 3.05) is 0 Å². The van der Waals surface area contributed by atoms with Gasteiger partial charge in [0, 0.05) is 18.2 Å². The number of furan rings is 1. The maximum Gasteiger partial charge on any atom is 0.336 e.